The van der Waals surface area contributed by atoms with Crippen molar-refractivity contribution in [2.45, 2.75) is 78.4 Å². The SMILES string of the molecule is C=C(CO)[C@@H]1C[C@@]2(C)C(=CC1O)[C@H](OC(=O)/C(C)=C/C(C)CCCC)CC[C@@H]2C(=O)O. The minimum atomic E-state index is -0.901. The number of carboxylic acid groups (broad SMARTS) is 1. The number of carboxylic acids is 1. The lowest BCUT2D eigenvalue weighted by molar-refractivity contribution is -0.152. The van der Waals surface area contributed by atoms with E-state index in [0.29, 0.717) is 36.0 Å². The zero-order valence-electron chi connectivity index (χ0n) is 19.3. The number of allylic oxidation sites excluding steroid dienone is 1. The standard InChI is InChI=1S/C25H38O6/c1-6-7-8-15(2)11-16(3)24(30)31-22-10-9-19(23(28)29)25(5)13-18(17(4)14-26)21(27)12-20(22)25/h11-12,15,18-19,21-22,26-27H,4,6-10,13-14H2,1-3,5H3,(H,28,29)/b16-11+/t15?,18-,19+,21?,22+,25+/m0/s1. The lowest BCUT2D eigenvalue weighted by atomic mass is 9.56. The first-order valence-electron chi connectivity index (χ1n) is 11.4. The van der Waals surface area contributed by atoms with Crippen molar-refractivity contribution in [2.75, 3.05) is 6.61 Å². The highest BCUT2D eigenvalue weighted by Gasteiger charge is 2.53. The van der Waals surface area contributed by atoms with Gasteiger partial charge in [0.05, 0.1) is 18.6 Å². The van der Waals surface area contributed by atoms with E-state index < -0.39 is 41.4 Å². The summed E-state index contributed by atoms with van der Waals surface area (Å²) < 4.78 is 5.84. The Hall–Kier alpha value is -1.92. The summed E-state index contributed by atoms with van der Waals surface area (Å²) in [7, 11) is 0. The maximum atomic E-state index is 12.8. The number of unbranched alkanes of at least 4 members (excludes halogenated alkanes) is 1. The van der Waals surface area contributed by atoms with Crippen LogP contribution in [0.1, 0.15) is 66.2 Å². The summed E-state index contributed by atoms with van der Waals surface area (Å²) in [5.74, 6) is -2.11. The molecular formula is C25H38O6. The molecule has 6 nitrogen and oxygen atoms in total. The van der Waals surface area contributed by atoms with E-state index in [1.165, 1.54) is 0 Å². The Morgan fingerprint density at radius 3 is 2.65 bits per heavy atom. The second-order valence-electron chi connectivity index (χ2n) is 9.49. The predicted octanol–water partition coefficient (Wildman–Crippen LogP) is 4.03. The molecule has 0 aromatic rings. The molecule has 1 fully saturated rings. The van der Waals surface area contributed by atoms with Crippen LogP contribution in [-0.4, -0.2) is 46.1 Å². The number of aliphatic hydroxyl groups excluding tert-OH is 2. The van der Waals surface area contributed by atoms with Gasteiger partial charge in [-0.2, -0.15) is 0 Å². The molecule has 31 heavy (non-hydrogen) atoms. The Morgan fingerprint density at radius 2 is 2.06 bits per heavy atom. The molecule has 2 aliphatic carbocycles. The molecule has 0 saturated heterocycles. The van der Waals surface area contributed by atoms with Gasteiger partial charge in [0.25, 0.3) is 0 Å². The van der Waals surface area contributed by atoms with Gasteiger partial charge in [0.1, 0.15) is 6.10 Å². The molecule has 1 saturated carbocycles. The summed E-state index contributed by atoms with van der Waals surface area (Å²) in [4.78, 5) is 24.8. The van der Waals surface area contributed by atoms with Crippen LogP contribution >= 0.6 is 0 Å². The number of rotatable bonds is 9. The van der Waals surface area contributed by atoms with Crippen LogP contribution in [0.4, 0.5) is 0 Å². The average Bonchev–Trinajstić information content (AvgIpc) is 2.71. The molecule has 0 aliphatic heterocycles. The van der Waals surface area contributed by atoms with Crippen LogP contribution in [0.5, 0.6) is 0 Å². The highest BCUT2D eigenvalue weighted by Crippen LogP contribution is 2.54. The fourth-order valence-corrected chi connectivity index (χ4v) is 5.14. The molecular weight excluding hydrogens is 396 g/mol. The predicted molar refractivity (Wildman–Crippen MR) is 119 cm³/mol. The second-order valence-corrected chi connectivity index (χ2v) is 9.49. The van der Waals surface area contributed by atoms with Crippen molar-refractivity contribution in [3.8, 4) is 0 Å². The molecule has 0 radical (unpaired) electrons. The summed E-state index contributed by atoms with van der Waals surface area (Å²) >= 11 is 0. The number of hydrogen-bond donors (Lipinski definition) is 3. The van der Waals surface area contributed by atoms with Gasteiger partial charge < -0.3 is 20.1 Å². The van der Waals surface area contributed by atoms with Crippen LogP contribution in [0.25, 0.3) is 0 Å². The van der Waals surface area contributed by atoms with Gasteiger partial charge in [0, 0.05) is 16.9 Å². The minimum Gasteiger partial charge on any atom is -0.481 e. The third kappa shape index (κ3) is 5.66. The Balaban J connectivity index is 2.28. The normalized spacial score (nSPS) is 31.9. The number of aliphatic hydroxyl groups is 2. The fraction of sp³-hybridized carbons (Fsp3) is 0.680. The average molecular weight is 435 g/mol. The fourth-order valence-electron chi connectivity index (χ4n) is 5.14. The van der Waals surface area contributed by atoms with Crippen molar-refractivity contribution in [1.82, 2.24) is 0 Å². The van der Waals surface area contributed by atoms with E-state index in [9.17, 15) is 24.9 Å². The molecule has 0 spiro atoms. The molecule has 0 aromatic carbocycles. The third-order valence-electron chi connectivity index (χ3n) is 7.04. The van der Waals surface area contributed by atoms with Crippen LogP contribution in [0.2, 0.25) is 0 Å². The lowest BCUT2D eigenvalue weighted by Gasteiger charge is -2.50. The van der Waals surface area contributed by atoms with Crippen molar-refractivity contribution in [2.24, 2.45) is 23.2 Å². The molecule has 174 valence electrons. The van der Waals surface area contributed by atoms with Crippen molar-refractivity contribution in [3.63, 3.8) is 0 Å². The second kappa shape index (κ2) is 10.6. The number of fused-ring (bicyclic) bond motifs is 1. The Bertz CT molecular complexity index is 751. The number of hydrogen-bond acceptors (Lipinski definition) is 5. The summed E-state index contributed by atoms with van der Waals surface area (Å²) in [6, 6.07) is 0. The molecule has 6 atom stereocenters. The van der Waals surface area contributed by atoms with Crippen LogP contribution in [0, 0.1) is 23.2 Å². The van der Waals surface area contributed by atoms with Crippen LogP contribution in [0.3, 0.4) is 0 Å². The van der Waals surface area contributed by atoms with Gasteiger partial charge in [0.15, 0.2) is 0 Å². The molecule has 2 unspecified atom stereocenters. The zero-order valence-corrected chi connectivity index (χ0v) is 19.3. The summed E-state index contributed by atoms with van der Waals surface area (Å²) in [5.41, 5.74) is 0.908. The highest BCUT2D eigenvalue weighted by atomic mass is 16.5. The highest BCUT2D eigenvalue weighted by molar-refractivity contribution is 5.88. The molecule has 3 N–H and O–H groups in total. The molecule has 6 heteroatoms. The monoisotopic (exact) mass is 434 g/mol. The van der Waals surface area contributed by atoms with Crippen LogP contribution < -0.4 is 0 Å². The van der Waals surface area contributed by atoms with E-state index in [4.69, 9.17) is 4.74 Å². The molecule has 2 aliphatic rings. The number of esters is 1. The minimum absolute atomic E-state index is 0.267. The van der Waals surface area contributed by atoms with Gasteiger partial charge in [-0.15, -0.1) is 0 Å². The topological polar surface area (TPSA) is 104 Å². The van der Waals surface area contributed by atoms with Gasteiger partial charge in [-0.05, 0) is 49.7 Å². The van der Waals surface area contributed by atoms with Gasteiger partial charge in [-0.25, -0.2) is 4.79 Å². The number of carbonyl (C=O) groups excluding carboxylic acids is 1. The van der Waals surface area contributed by atoms with Gasteiger partial charge in [-0.3, -0.25) is 4.79 Å². The lowest BCUT2D eigenvalue weighted by Crippen LogP contribution is -2.50. The molecule has 0 amide bonds. The number of aliphatic carboxylic acids is 1. The molecule has 2 rings (SSSR count). The molecule has 0 aromatic heterocycles. The van der Waals surface area contributed by atoms with Gasteiger partial charge >= 0.3 is 11.9 Å². The van der Waals surface area contributed by atoms with Crippen molar-refractivity contribution < 1.29 is 29.6 Å². The van der Waals surface area contributed by atoms with E-state index in [1.807, 2.05) is 13.0 Å². The van der Waals surface area contributed by atoms with Gasteiger partial charge in [-0.1, -0.05) is 52.3 Å². The maximum Gasteiger partial charge on any atom is 0.333 e. The first-order valence-corrected chi connectivity index (χ1v) is 11.4. The molecule has 0 heterocycles. The summed E-state index contributed by atoms with van der Waals surface area (Å²) in [6.45, 7) is 11.4. The number of carbonyl (C=O) groups is 2. The van der Waals surface area contributed by atoms with Crippen molar-refractivity contribution in [1.29, 1.82) is 0 Å². The first kappa shape index (κ1) is 25.3. The maximum absolute atomic E-state index is 12.8. The Morgan fingerprint density at radius 1 is 1.39 bits per heavy atom. The zero-order chi connectivity index (χ0) is 23.3. The van der Waals surface area contributed by atoms with E-state index in [1.54, 1.807) is 13.0 Å². The quantitative estimate of drug-likeness (QED) is 0.288. The first-order chi connectivity index (χ1) is 14.5. The third-order valence-corrected chi connectivity index (χ3v) is 7.04. The van der Waals surface area contributed by atoms with Crippen LogP contribution in [0.15, 0.2) is 35.5 Å². The Labute approximate surface area is 185 Å². The smallest absolute Gasteiger partial charge is 0.333 e. The summed E-state index contributed by atoms with van der Waals surface area (Å²) in [6.07, 6.45) is 6.44. The number of ether oxygens (including phenoxy) is 1. The summed E-state index contributed by atoms with van der Waals surface area (Å²) in [5, 5.41) is 30.0. The van der Waals surface area contributed by atoms with Crippen LogP contribution in [-0.2, 0) is 14.3 Å². The van der Waals surface area contributed by atoms with E-state index in [-0.39, 0.29) is 12.5 Å². The molecule has 0 bridgehead atoms. The van der Waals surface area contributed by atoms with E-state index >= 15 is 0 Å². The van der Waals surface area contributed by atoms with E-state index in [2.05, 4.69) is 20.4 Å². The van der Waals surface area contributed by atoms with E-state index in [0.717, 1.165) is 19.3 Å². The van der Waals surface area contributed by atoms with Crippen molar-refractivity contribution >= 4 is 11.9 Å². The largest absolute Gasteiger partial charge is 0.481 e. The Kier molecular flexibility index (Phi) is 8.66. The van der Waals surface area contributed by atoms with Gasteiger partial charge in [0.2, 0.25) is 0 Å². The van der Waals surface area contributed by atoms with Crippen molar-refractivity contribution in [3.05, 3.63) is 35.5 Å².